The number of ether oxygens (including phenoxy) is 1. The largest absolute Gasteiger partial charge is 0.462 e. The average molecular weight is 337 g/mol. The van der Waals surface area contributed by atoms with Crippen LogP contribution in [0.5, 0.6) is 0 Å². The molecule has 0 bridgehead atoms. The molecule has 1 heterocycles. The molecular formula is C15H17BrN2O2. The summed E-state index contributed by atoms with van der Waals surface area (Å²) in [7, 11) is 0. The quantitative estimate of drug-likeness (QED) is 0.838. The molecule has 0 amide bonds. The van der Waals surface area contributed by atoms with Crippen molar-refractivity contribution in [2.24, 2.45) is 0 Å². The van der Waals surface area contributed by atoms with Crippen LogP contribution in [-0.2, 0) is 4.74 Å². The molecule has 0 saturated carbocycles. The Kier molecular flexibility index (Phi) is 4.95. The van der Waals surface area contributed by atoms with Gasteiger partial charge in [0.15, 0.2) is 0 Å². The van der Waals surface area contributed by atoms with Gasteiger partial charge in [0.25, 0.3) is 0 Å². The highest BCUT2D eigenvalue weighted by Crippen LogP contribution is 2.29. The first-order valence-electron chi connectivity index (χ1n) is 6.66. The Balaban J connectivity index is 2.58. The van der Waals surface area contributed by atoms with Gasteiger partial charge in [0.1, 0.15) is 5.56 Å². The summed E-state index contributed by atoms with van der Waals surface area (Å²) < 4.78 is 6.05. The lowest BCUT2D eigenvalue weighted by Gasteiger charge is -2.13. The molecule has 0 radical (unpaired) electrons. The smallest absolute Gasteiger partial charge is 0.341 e. The van der Waals surface area contributed by atoms with Gasteiger partial charge in [0.05, 0.1) is 17.8 Å². The number of benzene rings is 1. The van der Waals surface area contributed by atoms with E-state index in [2.05, 4.69) is 33.2 Å². The van der Waals surface area contributed by atoms with E-state index in [9.17, 15) is 4.79 Å². The van der Waals surface area contributed by atoms with Gasteiger partial charge in [-0.1, -0.05) is 22.9 Å². The predicted molar refractivity (Wildman–Crippen MR) is 84.2 cm³/mol. The van der Waals surface area contributed by atoms with Crippen LogP contribution in [-0.4, -0.2) is 24.1 Å². The normalized spacial score (nSPS) is 10.6. The molecule has 106 valence electrons. The Morgan fingerprint density at radius 3 is 2.90 bits per heavy atom. The summed E-state index contributed by atoms with van der Waals surface area (Å²) in [6, 6.07) is 5.82. The van der Waals surface area contributed by atoms with Crippen molar-refractivity contribution in [1.29, 1.82) is 0 Å². The van der Waals surface area contributed by atoms with E-state index in [1.165, 1.54) is 0 Å². The summed E-state index contributed by atoms with van der Waals surface area (Å²) in [6.45, 7) is 5.01. The van der Waals surface area contributed by atoms with Crippen LogP contribution >= 0.6 is 15.9 Å². The maximum atomic E-state index is 12.0. The number of hydrogen-bond acceptors (Lipinski definition) is 4. The van der Waals surface area contributed by atoms with Crippen molar-refractivity contribution in [2.75, 3.05) is 18.5 Å². The summed E-state index contributed by atoms with van der Waals surface area (Å²) in [6.07, 6.45) is 2.55. The number of anilines is 1. The maximum absolute atomic E-state index is 12.0. The van der Waals surface area contributed by atoms with Gasteiger partial charge in [-0.2, -0.15) is 0 Å². The molecule has 20 heavy (non-hydrogen) atoms. The Labute approximate surface area is 126 Å². The second kappa shape index (κ2) is 6.70. The fourth-order valence-corrected chi connectivity index (χ4v) is 2.33. The third-order valence-electron chi connectivity index (χ3n) is 2.88. The molecule has 1 aromatic carbocycles. The van der Waals surface area contributed by atoms with Crippen LogP contribution in [0.25, 0.3) is 10.9 Å². The van der Waals surface area contributed by atoms with E-state index in [1.807, 2.05) is 18.2 Å². The fraction of sp³-hybridized carbons (Fsp3) is 0.333. The minimum Gasteiger partial charge on any atom is -0.462 e. The number of aromatic nitrogens is 1. The molecule has 0 unspecified atom stereocenters. The number of fused-ring (bicyclic) bond motifs is 1. The monoisotopic (exact) mass is 336 g/mol. The molecule has 1 N–H and O–H groups in total. The second-order valence-corrected chi connectivity index (χ2v) is 5.27. The number of carbonyl (C=O) groups excluding carboxylic acids is 1. The molecule has 0 fully saturated rings. The summed E-state index contributed by atoms with van der Waals surface area (Å²) in [5, 5.41) is 4.23. The van der Waals surface area contributed by atoms with Gasteiger partial charge in [-0.15, -0.1) is 0 Å². The Bertz CT molecular complexity index is 629. The molecule has 0 aliphatic rings. The molecule has 0 saturated heterocycles. The van der Waals surface area contributed by atoms with Gasteiger partial charge < -0.3 is 10.1 Å². The molecular weight excluding hydrogens is 320 g/mol. The van der Waals surface area contributed by atoms with Crippen molar-refractivity contribution in [2.45, 2.75) is 20.3 Å². The number of nitrogens with zero attached hydrogens (tertiary/aromatic N) is 1. The molecule has 0 spiro atoms. The first-order chi connectivity index (χ1) is 9.67. The van der Waals surface area contributed by atoms with Crippen molar-refractivity contribution >= 4 is 38.5 Å². The molecule has 0 aliphatic carbocycles. The van der Waals surface area contributed by atoms with Crippen LogP contribution in [0.2, 0.25) is 0 Å². The number of rotatable bonds is 5. The number of hydrogen-bond donors (Lipinski definition) is 1. The van der Waals surface area contributed by atoms with Crippen molar-refractivity contribution in [1.82, 2.24) is 4.98 Å². The van der Waals surface area contributed by atoms with E-state index >= 15 is 0 Å². The topological polar surface area (TPSA) is 51.2 Å². The van der Waals surface area contributed by atoms with Gasteiger partial charge in [-0.05, 0) is 31.5 Å². The standard InChI is InChI=1S/C15H17BrN2O2/c1-3-7-17-14-11-8-10(16)5-6-13(11)18-9-12(14)15(19)20-4-2/h5-6,8-9H,3-4,7H2,1-2H3,(H,17,18). The minimum absolute atomic E-state index is 0.347. The molecule has 0 aliphatic heterocycles. The van der Waals surface area contributed by atoms with E-state index in [0.717, 1.165) is 34.0 Å². The lowest BCUT2D eigenvalue weighted by Crippen LogP contribution is -2.11. The van der Waals surface area contributed by atoms with Crippen molar-refractivity contribution in [3.8, 4) is 0 Å². The highest BCUT2D eigenvalue weighted by molar-refractivity contribution is 9.10. The number of esters is 1. The van der Waals surface area contributed by atoms with E-state index in [1.54, 1.807) is 13.1 Å². The first kappa shape index (κ1) is 14.8. The minimum atomic E-state index is -0.347. The van der Waals surface area contributed by atoms with Crippen LogP contribution < -0.4 is 5.32 Å². The Hall–Kier alpha value is -1.62. The van der Waals surface area contributed by atoms with Crippen molar-refractivity contribution in [3.05, 3.63) is 34.4 Å². The predicted octanol–water partition coefficient (Wildman–Crippen LogP) is 4.00. The van der Waals surface area contributed by atoms with E-state index in [4.69, 9.17) is 4.74 Å². The Morgan fingerprint density at radius 2 is 2.20 bits per heavy atom. The van der Waals surface area contributed by atoms with Crippen LogP contribution in [0, 0.1) is 0 Å². The van der Waals surface area contributed by atoms with Crippen molar-refractivity contribution < 1.29 is 9.53 Å². The summed E-state index contributed by atoms with van der Waals surface area (Å²) in [5.41, 5.74) is 2.11. The number of halogens is 1. The number of carbonyl (C=O) groups is 1. The zero-order chi connectivity index (χ0) is 14.5. The van der Waals surface area contributed by atoms with Gasteiger partial charge in [-0.3, -0.25) is 4.98 Å². The van der Waals surface area contributed by atoms with Gasteiger partial charge >= 0.3 is 5.97 Å². The lowest BCUT2D eigenvalue weighted by atomic mass is 10.1. The fourth-order valence-electron chi connectivity index (χ4n) is 1.97. The van der Waals surface area contributed by atoms with Crippen LogP contribution in [0.1, 0.15) is 30.6 Å². The summed E-state index contributed by atoms with van der Waals surface area (Å²) in [5.74, 6) is -0.347. The molecule has 2 aromatic rings. The Morgan fingerprint density at radius 1 is 1.40 bits per heavy atom. The van der Waals surface area contributed by atoms with E-state index < -0.39 is 0 Å². The third kappa shape index (κ3) is 3.10. The maximum Gasteiger partial charge on any atom is 0.341 e. The van der Waals surface area contributed by atoms with Gasteiger partial charge in [0.2, 0.25) is 0 Å². The highest BCUT2D eigenvalue weighted by Gasteiger charge is 2.16. The second-order valence-electron chi connectivity index (χ2n) is 4.36. The molecule has 2 rings (SSSR count). The highest BCUT2D eigenvalue weighted by atomic mass is 79.9. The number of pyridine rings is 1. The third-order valence-corrected chi connectivity index (χ3v) is 3.37. The van der Waals surface area contributed by atoms with E-state index in [0.29, 0.717) is 12.2 Å². The van der Waals surface area contributed by atoms with Crippen LogP contribution in [0.15, 0.2) is 28.9 Å². The van der Waals surface area contributed by atoms with Crippen LogP contribution in [0.4, 0.5) is 5.69 Å². The SMILES string of the molecule is CCCNc1c(C(=O)OCC)cnc2ccc(Br)cc12. The zero-order valence-corrected chi connectivity index (χ0v) is 13.2. The van der Waals surface area contributed by atoms with Gasteiger partial charge in [-0.25, -0.2) is 4.79 Å². The summed E-state index contributed by atoms with van der Waals surface area (Å²) in [4.78, 5) is 16.4. The number of nitrogens with one attached hydrogen (secondary N) is 1. The zero-order valence-electron chi connectivity index (χ0n) is 11.6. The lowest BCUT2D eigenvalue weighted by molar-refractivity contribution is 0.0527. The molecule has 5 heteroatoms. The molecule has 1 aromatic heterocycles. The summed E-state index contributed by atoms with van der Waals surface area (Å²) >= 11 is 3.46. The van der Waals surface area contributed by atoms with Crippen LogP contribution in [0.3, 0.4) is 0 Å². The van der Waals surface area contributed by atoms with Crippen molar-refractivity contribution in [3.63, 3.8) is 0 Å². The van der Waals surface area contributed by atoms with Gasteiger partial charge in [0, 0.05) is 22.6 Å². The first-order valence-corrected chi connectivity index (χ1v) is 7.46. The van der Waals surface area contributed by atoms with E-state index in [-0.39, 0.29) is 5.97 Å². The average Bonchev–Trinajstić information content (AvgIpc) is 2.44. The molecule has 4 nitrogen and oxygen atoms in total. The molecule has 0 atom stereocenters.